The Morgan fingerprint density at radius 3 is 2.40 bits per heavy atom. The molecule has 1 amide bonds. The number of carbonyl (C=O) groups excluding carboxylic acids is 1. The zero-order valence-corrected chi connectivity index (χ0v) is 33.1. The number of aliphatic hydroxyl groups is 1. The molecule has 22 nitrogen and oxygen atoms in total. The molecule has 4 aromatic heterocycles. The predicted molar refractivity (Wildman–Crippen MR) is 205 cm³/mol. The maximum Gasteiger partial charge on any atom is 0.384 e. The van der Waals surface area contributed by atoms with Crippen LogP contribution in [0.1, 0.15) is 42.1 Å². The molecule has 0 bridgehead atoms. The number of aliphatic hydroxyl groups excluding tert-OH is 1. The largest absolute Gasteiger partial charge is 0.433 e. The van der Waals surface area contributed by atoms with Crippen LogP contribution in [0, 0.1) is 22.7 Å². The lowest BCUT2D eigenvalue weighted by atomic mass is 10.2. The zero-order chi connectivity index (χ0) is 42.4. The molecule has 314 valence electrons. The Balaban J connectivity index is 1.20. The number of ether oxygens (including phenoxy) is 2. The molecule has 2 aliphatic heterocycles. The molecule has 1 aromatic carbocycles. The van der Waals surface area contributed by atoms with Crippen LogP contribution in [0.5, 0.6) is 0 Å². The Bertz CT molecular complexity index is 2600. The fourth-order valence-electron chi connectivity index (χ4n) is 6.93. The van der Waals surface area contributed by atoms with Crippen LogP contribution in [0.25, 0.3) is 22.3 Å². The van der Waals surface area contributed by atoms with Crippen molar-refractivity contribution in [3.63, 3.8) is 0 Å². The van der Waals surface area contributed by atoms with Crippen molar-refractivity contribution in [3.05, 3.63) is 84.4 Å². The summed E-state index contributed by atoms with van der Waals surface area (Å²) in [7, 11) is -9.10. The smallest absolute Gasteiger partial charge is 0.384 e. The number of H-pyrrole nitrogens is 1. The Morgan fingerprint density at radius 1 is 0.983 bits per heavy atom. The second kappa shape index (κ2) is 18.3. The monoisotopic (exact) mass is 867 g/mol. The van der Waals surface area contributed by atoms with E-state index >= 15 is 4.39 Å². The molecular formula is C35H36FN11O11P2. The van der Waals surface area contributed by atoms with E-state index in [-0.39, 0.29) is 54.0 Å². The number of nitriles is 2. The molecule has 9 atom stereocenters. The van der Waals surface area contributed by atoms with Gasteiger partial charge in [-0.2, -0.15) is 10.5 Å². The number of aromatic amines is 1. The van der Waals surface area contributed by atoms with Crippen LogP contribution in [0.2, 0.25) is 0 Å². The lowest BCUT2D eigenvalue weighted by Gasteiger charge is -2.30. The molecule has 0 radical (unpaired) electrons. The van der Waals surface area contributed by atoms with Crippen LogP contribution >= 0.6 is 15.2 Å². The molecule has 0 aliphatic carbocycles. The van der Waals surface area contributed by atoms with Gasteiger partial charge in [0.2, 0.25) is 0 Å². The topological polar surface area (TPSA) is 294 Å². The van der Waals surface area contributed by atoms with Gasteiger partial charge in [-0.05, 0) is 12.1 Å². The lowest BCUT2D eigenvalue weighted by Crippen LogP contribution is -2.35. The van der Waals surface area contributed by atoms with Gasteiger partial charge in [0, 0.05) is 12.0 Å². The number of benzene rings is 1. The van der Waals surface area contributed by atoms with Crippen LogP contribution < -0.4 is 10.9 Å². The second-order valence-corrected chi connectivity index (χ2v) is 17.6. The highest BCUT2D eigenvalue weighted by molar-refractivity contribution is 7.55. The Morgan fingerprint density at radius 2 is 1.68 bits per heavy atom. The maximum absolute atomic E-state index is 16.7. The highest BCUT2D eigenvalue weighted by atomic mass is 31.2. The first-order valence-electron chi connectivity index (χ1n) is 18.2. The van der Waals surface area contributed by atoms with Crippen molar-refractivity contribution in [1.82, 2.24) is 39.0 Å². The quantitative estimate of drug-likeness (QED) is 0.0639. The van der Waals surface area contributed by atoms with Crippen molar-refractivity contribution < 1.29 is 51.0 Å². The lowest BCUT2D eigenvalue weighted by molar-refractivity contribution is -0.0360. The molecule has 0 saturated carbocycles. The molecule has 2 aliphatic rings. The Labute approximate surface area is 339 Å². The van der Waals surface area contributed by atoms with Crippen molar-refractivity contribution in [1.29, 1.82) is 10.5 Å². The van der Waals surface area contributed by atoms with Gasteiger partial charge in [-0.1, -0.05) is 24.8 Å². The fourth-order valence-corrected chi connectivity index (χ4v) is 11.1. The average Bonchev–Trinajstić information content (AvgIpc) is 4.05. The molecule has 6 unspecified atom stereocenters. The average molecular weight is 868 g/mol. The van der Waals surface area contributed by atoms with Gasteiger partial charge in [-0.25, -0.2) is 33.9 Å². The fraction of sp³-hybridized carbons (Fsp3) is 0.400. The second-order valence-electron chi connectivity index (χ2n) is 13.2. The van der Waals surface area contributed by atoms with Gasteiger partial charge in [0.15, 0.2) is 40.5 Å². The first-order chi connectivity index (χ1) is 29.1. The van der Waals surface area contributed by atoms with Gasteiger partial charge < -0.3 is 38.5 Å². The van der Waals surface area contributed by atoms with E-state index in [0.717, 1.165) is 23.5 Å². The van der Waals surface area contributed by atoms with Gasteiger partial charge in [-0.3, -0.25) is 27.8 Å². The first kappa shape index (κ1) is 42.4. The number of fused-ring (bicyclic) bond motifs is 2. The number of rotatable bonds is 18. The standard InChI is InChI=1S/C35H36FN11O11P2/c1-2-53-59(51,54-12-6-10-37)24-14-25(46-19-43-27-30(39-17-40-31(27)46)45-33(49)21-8-4-3-5-9-21)57-23(24)16-56-60(52,55-13-7-11-38)29-22(15-48)58-35(26(29)36)47-20-44-28-32(47)41-18-42-34(28)50/h2-5,8-9,17-20,22-26,29,35,48H,1,6-7,12-16H2,(H,41,42,50)(H,39,40,45,49)/t22?,23?,24-,25?,26+,29+,35?,59?,60?/m0/s1. The van der Waals surface area contributed by atoms with E-state index in [1.807, 2.05) is 12.1 Å². The van der Waals surface area contributed by atoms with Crippen molar-refractivity contribution >= 4 is 49.2 Å². The molecule has 2 saturated heterocycles. The number of hydrogen-bond acceptors (Lipinski definition) is 18. The van der Waals surface area contributed by atoms with Gasteiger partial charge in [0.05, 0.1) is 82.8 Å². The molecule has 60 heavy (non-hydrogen) atoms. The van der Waals surface area contributed by atoms with Gasteiger partial charge in [0.1, 0.15) is 30.0 Å². The van der Waals surface area contributed by atoms with E-state index in [1.54, 1.807) is 30.3 Å². The molecule has 2 fully saturated rings. The molecule has 6 heterocycles. The minimum Gasteiger partial charge on any atom is -0.433 e. The van der Waals surface area contributed by atoms with Crippen LogP contribution in [0.3, 0.4) is 0 Å². The van der Waals surface area contributed by atoms with Crippen molar-refractivity contribution in [2.75, 3.05) is 31.7 Å². The number of imidazole rings is 2. The maximum atomic E-state index is 16.7. The zero-order valence-electron chi connectivity index (χ0n) is 31.3. The highest BCUT2D eigenvalue weighted by Crippen LogP contribution is 2.63. The first-order valence-corrected chi connectivity index (χ1v) is 21.4. The van der Waals surface area contributed by atoms with Crippen molar-refractivity contribution in [2.24, 2.45) is 0 Å². The Kier molecular flexibility index (Phi) is 12.9. The number of aromatic nitrogens is 8. The van der Waals surface area contributed by atoms with E-state index in [0.29, 0.717) is 5.56 Å². The number of alkyl halides is 1. The summed E-state index contributed by atoms with van der Waals surface area (Å²) in [6, 6.07) is 12.1. The molecule has 7 rings (SSSR count). The number of carbonyl (C=O) groups is 1. The number of amides is 1. The summed E-state index contributed by atoms with van der Waals surface area (Å²) in [4.78, 5) is 48.6. The van der Waals surface area contributed by atoms with Crippen molar-refractivity contribution in [3.8, 4) is 12.1 Å². The van der Waals surface area contributed by atoms with Crippen LogP contribution in [0.15, 0.2) is 73.3 Å². The van der Waals surface area contributed by atoms with E-state index in [1.165, 1.54) is 17.2 Å². The minimum absolute atomic E-state index is 0.0597. The molecule has 0 spiro atoms. The normalized spacial score (nSPS) is 24.6. The van der Waals surface area contributed by atoms with Crippen molar-refractivity contribution in [2.45, 2.75) is 61.4 Å². The van der Waals surface area contributed by atoms with Gasteiger partial charge >= 0.3 is 15.2 Å². The summed E-state index contributed by atoms with van der Waals surface area (Å²) in [5.41, 5.74) is -3.11. The molecule has 3 N–H and O–H groups in total. The molecular weight excluding hydrogens is 831 g/mol. The predicted octanol–water partition coefficient (Wildman–Crippen LogP) is 3.89. The van der Waals surface area contributed by atoms with Crippen LogP contribution in [0.4, 0.5) is 10.2 Å². The third-order valence-electron chi connectivity index (χ3n) is 9.64. The summed E-state index contributed by atoms with van der Waals surface area (Å²) < 4.78 is 83.6. The van der Waals surface area contributed by atoms with Crippen LogP contribution in [-0.4, -0.2) is 106 Å². The van der Waals surface area contributed by atoms with E-state index < -0.39 is 88.6 Å². The third-order valence-corrected chi connectivity index (χ3v) is 14.4. The number of nitrogens with zero attached hydrogens (tertiary/aromatic N) is 9. The number of nitrogens with one attached hydrogen (secondary N) is 2. The SMILES string of the molecule is C=COP(=O)(OCCC#N)[C@H]1CC(n2cnc3c(NC(=O)c4ccccc4)ncnc32)OC1COP(=O)(OCCC#N)[C@@H]1C(CO)OC(n2cnc3c(=O)[nH]cnc32)[C@@H]1F. The van der Waals surface area contributed by atoms with Crippen LogP contribution in [-0.2, 0) is 36.7 Å². The minimum atomic E-state index is -4.80. The highest BCUT2D eigenvalue weighted by Gasteiger charge is 2.58. The van der Waals surface area contributed by atoms with E-state index in [9.17, 15) is 34.3 Å². The number of anilines is 1. The van der Waals surface area contributed by atoms with E-state index in [4.69, 9.17) is 27.6 Å². The van der Waals surface area contributed by atoms with E-state index in [2.05, 4.69) is 41.8 Å². The molecule has 25 heteroatoms. The molecule has 5 aromatic rings. The Hall–Kier alpha value is -5.74. The summed E-state index contributed by atoms with van der Waals surface area (Å²) in [6.07, 6.45) is -2.70. The summed E-state index contributed by atoms with van der Waals surface area (Å²) in [6.45, 7) is 1.14. The van der Waals surface area contributed by atoms with Gasteiger partial charge in [-0.15, -0.1) is 0 Å². The number of halogens is 1. The summed E-state index contributed by atoms with van der Waals surface area (Å²) >= 11 is 0. The third kappa shape index (κ3) is 8.35. The van der Waals surface area contributed by atoms with Gasteiger partial charge in [0.25, 0.3) is 11.5 Å². The number of hydrogen-bond donors (Lipinski definition) is 3. The summed E-state index contributed by atoms with van der Waals surface area (Å²) in [5.74, 6) is -0.373. The summed E-state index contributed by atoms with van der Waals surface area (Å²) in [5, 5.41) is 31.5.